The van der Waals surface area contributed by atoms with Crippen LogP contribution < -0.4 is 10.6 Å². The number of hydrogen-bond donors (Lipinski definition) is 1. The summed E-state index contributed by atoms with van der Waals surface area (Å²) in [6.07, 6.45) is 2.70. The molecule has 0 saturated heterocycles. The highest BCUT2D eigenvalue weighted by Gasteiger charge is 2.25. The quantitative estimate of drug-likeness (QED) is 0.829. The number of hydrogen-bond acceptors (Lipinski definition) is 3. The van der Waals surface area contributed by atoms with Crippen LogP contribution >= 0.6 is 12.2 Å². The lowest BCUT2D eigenvalue weighted by atomic mass is 10.1. The first-order chi connectivity index (χ1) is 8.52. The van der Waals surface area contributed by atoms with Gasteiger partial charge in [0.05, 0.1) is 11.3 Å². The standard InChI is InChI=1S/C14H21N3S/c1-4-17(8-11-5-6-11)12-7-9(2)16-10(3)13(12)14(15)18/h7,11H,4-6,8H2,1-3H3,(H2,15,18). The molecule has 4 heteroatoms. The smallest absolute Gasteiger partial charge is 0.107 e. The normalized spacial score (nSPS) is 14.6. The van der Waals surface area contributed by atoms with E-state index in [9.17, 15) is 0 Å². The largest absolute Gasteiger partial charge is 0.389 e. The van der Waals surface area contributed by atoms with Gasteiger partial charge in [-0.15, -0.1) is 0 Å². The molecule has 2 rings (SSSR count). The summed E-state index contributed by atoms with van der Waals surface area (Å²) in [5, 5.41) is 0. The molecule has 0 unspecified atom stereocenters. The SMILES string of the molecule is CCN(CC1CC1)c1cc(C)nc(C)c1C(N)=S. The van der Waals surface area contributed by atoms with Gasteiger partial charge in [0.15, 0.2) is 0 Å². The summed E-state index contributed by atoms with van der Waals surface area (Å²) in [4.78, 5) is 7.30. The molecule has 0 bridgehead atoms. The van der Waals surface area contributed by atoms with E-state index < -0.39 is 0 Å². The lowest BCUT2D eigenvalue weighted by molar-refractivity contribution is 0.739. The monoisotopic (exact) mass is 263 g/mol. The van der Waals surface area contributed by atoms with Gasteiger partial charge in [-0.3, -0.25) is 4.98 Å². The summed E-state index contributed by atoms with van der Waals surface area (Å²) >= 11 is 5.19. The third kappa shape index (κ3) is 2.80. The number of nitrogens with zero attached hydrogens (tertiary/aromatic N) is 2. The Morgan fingerprint density at radius 1 is 1.50 bits per heavy atom. The molecule has 1 aromatic heterocycles. The van der Waals surface area contributed by atoms with Crippen molar-refractivity contribution < 1.29 is 0 Å². The minimum atomic E-state index is 0.448. The molecule has 0 radical (unpaired) electrons. The number of pyridine rings is 1. The van der Waals surface area contributed by atoms with Crippen molar-refractivity contribution in [1.82, 2.24) is 4.98 Å². The first-order valence-electron chi connectivity index (χ1n) is 6.56. The zero-order chi connectivity index (χ0) is 13.3. The number of aryl methyl sites for hydroxylation is 2. The summed E-state index contributed by atoms with van der Waals surface area (Å²) in [6.45, 7) is 8.27. The maximum Gasteiger partial charge on any atom is 0.107 e. The van der Waals surface area contributed by atoms with E-state index in [-0.39, 0.29) is 0 Å². The molecule has 1 aliphatic rings. The number of aromatic nitrogens is 1. The van der Waals surface area contributed by atoms with E-state index in [1.807, 2.05) is 13.8 Å². The van der Waals surface area contributed by atoms with Crippen molar-refractivity contribution >= 4 is 22.9 Å². The van der Waals surface area contributed by atoms with Crippen molar-refractivity contribution in [3.8, 4) is 0 Å². The fraction of sp³-hybridized carbons (Fsp3) is 0.571. The summed E-state index contributed by atoms with van der Waals surface area (Å²) in [5.41, 5.74) is 9.93. The van der Waals surface area contributed by atoms with Crippen LogP contribution in [0.5, 0.6) is 0 Å². The molecule has 3 nitrogen and oxygen atoms in total. The molecule has 0 atom stereocenters. The molecule has 18 heavy (non-hydrogen) atoms. The second kappa shape index (κ2) is 5.22. The van der Waals surface area contributed by atoms with Gasteiger partial charge in [-0.25, -0.2) is 0 Å². The molecule has 1 saturated carbocycles. The van der Waals surface area contributed by atoms with Gasteiger partial charge in [0.1, 0.15) is 4.99 Å². The fourth-order valence-corrected chi connectivity index (χ4v) is 2.62. The van der Waals surface area contributed by atoms with Gasteiger partial charge in [0.25, 0.3) is 0 Å². The van der Waals surface area contributed by atoms with Crippen LogP contribution in [-0.4, -0.2) is 23.1 Å². The van der Waals surface area contributed by atoms with Crippen molar-refractivity contribution in [3.63, 3.8) is 0 Å². The van der Waals surface area contributed by atoms with E-state index in [0.29, 0.717) is 4.99 Å². The average molecular weight is 263 g/mol. The lowest BCUT2D eigenvalue weighted by Crippen LogP contribution is -2.29. The molecule has 0 amide bonds. The Labute approximate surface area is 114 Å². The lowest BCUT2D eigenvalue weighted by Gasteiger charge is -2.26. The highest BCUT2D eigenvalue weighted by atomic mass is 32.1. The summed E-state index contributed by atoms with van der Waals surface area (Å²) < 4.78 is 0. The summed E-state index contributed by atoms with van der Waals surface area (Å²) in [7, 11) is 0. The van der Waals surface area contributed by atoms with Crippen LogP contribution in [0, 0.1) is 19.8 Å². The highest BCUT2D eigenvalue weighted by molar-refractivity contribution is 7.80. The van der Waals surface area contributed by atoms with Crippen LogP contribution in [0.25, 0.3) is 0 Å². The zero-order valence-electron chi connectivity index (χ0n) is 11.4. The number of rotatable bonds is 5. The molecule has 1 aliphatic carbocycles. The van der Waals surface area contributed by atoms with Crippen molar-refractivity contribution in [2.24, 2.45) is 11.7 Å². The Morgan fingerprint density at radius 2 is 2.17 bits per heavy atom. The summed E-state index contributed by atoms with van der Waals surface area (Å²) in [6, 6.07) is 2.10. The first-order valence-corrected chi connectivity index (χ1v) is 6.96. The van der Waals surface area contributed by atoms with E-state index in [2.05, 4.69) is 22.9 Å². The van der Waals surface area contributed by atoms with Crippen molar-refractivity contribution in [3.05, 3.63) is 23.0 Å². The Morgan fingerprint density at radius 3 is 2.67 bits per heavy atom. The number of nitrogens with two attached hydrogens (primary N) is 1. The molecule has 98 valence electrons. The maximum atomic E-state index is 5.87. The molecular formula is C14H21N3S. The van der Waals surface area contributed by atoms with Crippen LogP contribution in [0.1, 0.15) is 36.7 Å². The minimum Gasteiger partial charge on any atom is -0.389 e. The van der Waals surface area contributed by atoms with Crippen LogP contribution in [0.15, 0.2) is 6.07 Å². The van der Waals surface area contributed by atoms with Crippen molar-refractivity contribution in [2.45, 2.75) is 33.6 Å². The van der Waals surface area contributed by atoms with E-state index in [1.165, 1.54) is 12.8 Å². The number of thiocarbonyl (C=S) groups is 1. The molecular weight excluding hydrogens is 242 g/mol. The minimum absolute atomic E-state index is 0.448. The van der Waals surface area contributed by atoms with Crippen LogP contribution in [0.3, 0.4) is 0 Å². The first kappa shape index (κ1) is 13.3. The van der Waals surface area contributed by atoms with Gasteiger partial charge in [0, 0.05) is 24.5 Å². The maximum absolute atomic E-state index is 5.87. The molecule has 0 aliphatic heterocycles. The van der Waals surface area contributed by atoms with E-state index in [0.717, 1.165) is 41.6 Å². The Hall–Kier alpha value is -1.16. The Balaban J connectivity index is 2.41. The van der Waals surface area contributed by atoms with Crippen molar-refractivity contribution in [1.29, 1.82) is 0 Å². The molecule has 2 N–H and O–H groups in total. The van der Waals surface area contributed by atoms with E-state index in [4.69, 9.17) is 18.0 Å². The van der Waals surface area contributed by atoms with Gasteiger partial charge in [0.2, 0.25) is 0 Å². The molecule has 0 spiro atoms. The second-order valence-electron chi connectivity index (χ2n) is 5.09. The van der Waals surface area contributed by atoms with E-state index >= 15 is 0 Å². The Kier molecular flexibility index (Phi) is 3.85. The predicted molar refractivity (Wildman–Crippen MR) is 80.2 cm³/mol. The molecule has 1 fully saturated rings. The summed E-state index contributed by atoms with van der Waals surface area (Å²) in [5.74, 6) is 0.845. The van der Waals surface area contributed by atoms with Gasteiger partial charge in [-0.05, 0) is 45.6 Å². The highest BCUT2D eigenvalue weighted by Crippen LogP contribution is 2.33. The van der Waals surface area contributed by atoms with Crippen LogP contribution in [0.2, 0.25) is 0 Å². The third-order valence-corrected chi connectivity index (χ3v) is 3.66. The molecule has 1 heterocycles. The topological polar surface area (TPSA) is 42.2 Å². The Bertz CT molecular complexity index is 466. The second-order valence-corrected chi connectivity index (χ2v) is 5.53. The van der Waals surface area contributed by atoms with Gasteiger partial charge in [-0.1, -0.05) is 12.2 Å². The number of anilines is 1. The third-order valence-electron chi connectivity index (χ3n) is 3.45. The average Bonchev–Trinajstić information content (AvgIpc) is 3.07. The van der Waals surface area contributed by atoms with Crippen LogP contribution in [0.4, 0.5) is 5.69 Å². The van der Waals surface area contributed by atoms with Crippen molar-refractivity contribution in [2.75, 3.05) is 18.0 Å². The molecule has 0 aromatic carbocycles. The van der Waals surface area contributed by atoms with E-state index in [1.54, 1.807) is 0 Å². The predicted octanol–water partition coefficient (Wildman–Crippen LogP) is 2.57. The van der Waals surface area contributed by atoms with Gasteiger partial charge < -0.3 is 10.6 Å². The fourth-order valence-electron chi connectivity index (χ4n) is 2.37. The van der Waals surface area contributed by atoms with Gasteiger partial charge >= 0.3 is 0 Å². The van der Waals surface area contributed by atoms with Gasteiger partial charge in [-0.2, -0.15) is 0 Å². The van der Waals surface area contributed by atoms with Crippen LogP contribution in [-0.2, 0) is 0 Å². The zero-order valence-corrected chi connectivity index (χ0v) is 12.2. The molecule has 1 aromatic rings.